The molecule has 1 amide bonds. The van der Waals surface area contributed by atoms with Gasteiger partial charge in [0.1, 0.15) is 12.4 Å². The second-order valence-electron chi connectivity index (χ2n) is 9.05. The van der Waals surface area contributed by atoms with E-state index in [0.717, 1.165) is 12.1 Å². The molecule has 1 saturated carbocycles. The second-order valence-corrected chi connectivity index (χ2v) is 9.05. The maximum Gasteiger partial charge on any atom is 0.416 e. The van der Waals surface area contributed by atoms with Crippen LogP contribution in [0.25, 0.3) is 16.7 Å². The van der Waals surface area contributed by atoms with E-state index < -0.39 is 11.7 Å². The van der Waals surface area contributed by atoms with E-state index >= 15 is 0 Å². The fourth-order valence-corrected chi connectivity index (χ4v) is 4.65. The lowest BCUT2D eigenvalue weighted by molar-refractivity contribution is -0.137. The van der Waals surface area contributed by atoms with Gasteiger partial charge in [0.05, 0.1) is 41.5 Å². The number of benzene rings is 1. The SMILES string of the molecule is O=C1OCCN1C1CN(c2nc(NC3CC(O)C3)nc3c2cnn3-c2cccc(C(F)(F)F)c2)C1. The summed E-state index contributed by atoms with van der Waals surface area (Å²) in [5.74, 6) is 0.890. The van der Waals surface area contributed by atoms with Gasteiger partial charge in [0.15, 0.2) is 5.65 Å². The molecule has 13 heteroatoms. The van der Waals surface area contributed by atoms with Gasteiger partial charge in [0.25, 0.3) is 0 Å². The molecule has 6 rings (SSSR count). The number of amides is 1. The molecule has 2 aliphatic heterocycles. The Morgan fingerprint density at radius 2 is 1.97 bits per heavy atom. The highest BCUT2D eigenvalue weighted by Gasteiger charge is 2.39. The Kier molecular flexibility index (Phi) is 4.99. The first-order valence-electron chi connectivity index (χ1n) is 11.3. The fourth-order valence-electron chi connectivity index (χ4n) is 4.65. The van der Waals surface area contributed by atoms with Crippen LogP contribution in [0.1, 0.15) is 18.4 Å². The number of rotatable bonds is 5. The summed E-state index contributed by atoms with van der Waals surface area (Å²) in [4.78, 5) is 24.8. The van der Waals surface area contributed by atoms with Crippen molar-refractivity contribution in [2.45, 2.75) is 37.2 Å². The van der Waals surface area contributed by atoms with Crippen LogP contribution in [0.4, 0.5) is 29.7 Å². The smallest absolute Gasteiger partial charge is 0.416 e. The van der Waals surface area contributed by atoms with Crippen molar-refractivity contribution in [2.24, 2.45) is 0 Å². The molecule has 35 heavy (non-hydrogen) atoms. The first-order valence-corrected chi connectivity index (χ1v) is 11.3. The number of fused-ring (bicyclic) bond motifs is 1. The number of aliphatic hydroxyl groups is 1. The number of ether oxygens (including phenoxy) is 1. The van der Waals surface area contributed by atoms with Gasteiger partial charge >= 0.3 is 12.3 Å². The number of carbonyl (C=O) groups excluding carboxylic acids is 1. The van der Waals surface area contributed by atoms with Crippen molar-refractivity contribution in [3.63, 3.8) is 0 Å². The van der Waals surface area contributed by atoms with Crippen LogP contribution >= 0.6 is 0 Å². The molecule has 0 bridgehead atoms. The van der Waals surface area contributed by atoms with Crippen LogP contribution < -0.4 is 10.2 Å². The average Bonchev–Trinajstić information content (AvgIpc) is 3.38. The summed E-state index contributed by atoms with van der Waals surface area (Å²) in [5, 5.41) is 17.8. The minimum atomic E-state index is -4.49. The Labute approximate surface area is 197 Å². The molecule has 2 saturated heterocycles. The number of carbonyl (C=O) groups is 1. The summed E-state index contributed by atoms with van der Waals surface area (Å²) in [6.07, 6.45) is -2.52. The van der Waals surface area contributed by atoms with E-state index in [2.05, 4.69) is 20.4 Å². The maximum atomic E-state index is 13.3. The molecule has 10 nitrogen and oxygen atoms in total. The lowest BCUT2D eigenvalue weighted by Crippen LogP contribution is -2.60. The number of nitrogens with one attached hydrogen (secondary N) is 1. The second kappa shape index (κ2) is 7.97. The van der Waals surface area contributed by atoms with Crippen molar-refractivity contribution in [1.82, 2.24) is 24.6 Å². The van der Waals surface area contributed by atoms with Crippen molar-refractivity contribution < 1.29 is 27.8 Å². The van der Waals surface area contributed by atoms with Gasteiger partial charge < -0.3 is 20.1 Å². The number of cyclic esters (lactones) is 1. The normalized spacial score (nSPS) is 22.8. The van der Waals surface area contributed by atoms with E-state index in [-0.39, 0.29) is 30.0 Å². The zero-order valence-electron chi connectivity index (χ0n) is 18.4. The molecule has 0 unspecified atom stereocenters. The number of aromatic nitrogens is 4. The summed E-state index contributed by atoms with van der Waals surface area (Å²) >= 11 is 0. The molecule has 0 spiro atoms. The quantitative estimate of drug-likeness (QED) is 0.563. The fraction of sp³-hybridized carbons (Fsp3) is 0.455. The van der Waals surface area contributed by atoms with Gasteiger partial charge in [-0.1, -0.05) is 6.07 Å². The first-order chi connectivity index (χ1) is 16.8. The molecule has 2 N–H and O–H groups in total. The van der Waals surface area contributed by atoms with E-state index in [9.17, 15) is 23.1 Å². The van der Waals surface area contributed by atoms with Gasteiger partial charge in [0.2, 0.25) is 5.95 Å². The van der Waals surface area contributed by atoms with Crippen molar-refractivity contribution in [1.29, 1.82) is 0 Å². The molecule has 1 aromatic carbocycles. The van der Waals surface area contributed by atoms with Crippen molar-refractivity contribution in [3.8, 4) is 5.69 Å². The van der Waals surface area contributed by atoms with E-state index in [1.54, 1.807) is 11.1 Å². The molecule has 3 fully saturated rings. The average molecular weight is 489 g/mol. The zero-order valence-corrected chi connectivity index (χ0v) is 18.4. The number of hydrogen-bond donors (Lipinski definition) is 2. The molecule has 3 aromatic rings. The summed E-state index contributed by atoms with van der Waals surface area (Å²) in [6.45, 7) is 1.99. The van der Waals surface area contributed by atoms with Crippen molar-refractivity contribution in [3.05, 3.63) is 36.0 Å². The molecule has 0 radical (unpaired) electrons. The third kappa shape index (κ3) is 3.89. The largest absolute Gasteiger partial charge is 0.448 e. The minimum absolute atomic E-state index is 0.00346. The standard InChI is InChI=1S/C22H22F3N7O3/c23-22(24,25)12-2-1-3-14(6-12)32-19-17(9-26-32)18(28-20(29-19)27-13-7-16(33)8-13)30-10-15(11-30)31-4-5-35-21(31)34/h1-3,6,9,13,15-16,33H,4-5,7-8,10-11H2,(H,27,28,29). The topological polar surface area (TPSA) is 109 Å². The Morgan fingerprint density at radius 3 is 2.66 bits per heavy atom. The number of nitrogens with zero attached hydrogens (tertiary/aromatic N) is 6. The summed E-state index contributed by atoms with van der Waals surface area (Å²) < 4.78 is 46.3. The summed E-state index contributed by atoms with van der Waals surface area (Å²) in [5.41, 5.74) is -0.190. The summed E-state index contributed by atoms with van der Waals surface area (Å²) in [6, 6.07) is 4.90. The van der Waals surface area contributed by atoms with Crippen molar-refractivity contribution in [2.75, 3.05) is 36.5 Å². The highest BCUT2D eigenvalue weighted by Crippen LogP contribution is 2.34. The first kappa shape index (κ1) is 21.9. The molecular formula is C22H22F3N7O3. The lowest BCUT2D eigenvalue weighted by atomic mass is 9.90. The van der Waals surface area contributed by atoms with Gasteiger partial charge in [-0.2, -0.15) is 28.2 Å². The van der Waals surface area contributed by atoms with Crippen LogP contribution in [-0.4, -0.2) is 80.3 Å². The van der Waals surface area contributed by atoms with Crippen molar-refractivity contribution >= 4 is 28.9 Å². The Hall–Kier alpha value is -3.61. The number of aliphatic hydroxyl groups excluding tert-OH is 1. The minimum Gasteiger partial charge on any atom is -0.448 e. The number of halogens is 3. The Balaban J connectivity index is 1.36. The van der Waals surface area contributed by atoms with E-state index in [0.29, 0.717) is 61.9 Å². The van der Waals surface area contributed by atoms with Crippen LogP contribution in [0.15, 0.2) is 30.5 Å². The van der Waals surface area contributed by atoms with Gasteiger partial charge in [0, 0.05) is 19.1 Å². The molecule has 2 aromatic heterocycles. The van der Waals surface area contributed by atoms with Crippen LogP contribution in [0.5, 0.6) is 0 Å². The van der Waals surface area contributed by atoms with E-state index in [4.69, 9.17) is 4.74 Å². The van der Waals surface area contributed by atoms with Crippen LogP contribution in [-0.2, 0) is 10.9 Å². The molecule has 0 atom stereocenters. The predicted octanol–water partition coefficient (Wildman–Crippen LogP) is 2.41. The molecule has 4 heterocycles. The third-order valence-corrected chi connectivity index (χ3v) is 6.67. The number of hydrogen-bond acceptors (Lipinski definition) is 8. The highest BCUT2D eigenvalue weighted by atomic mass is 19.4. The zero-order chi connectivity index (χ0) is 24.3. The van der Waals surface area contributed by atoms with E-state index in [1.165, 1.54) is 16.8 Å². The van der Waals surface area contributed by atoms with Crippen LogP contribution in [0, 0.1) is 0 Å². The Morgan fingerprint density at radius 1 is 1.17 bits per heavy atom. The molecule has 1 aliphatic carbocycles. The summed E-state index contributed by atoms with van der Waals surface area (Å²) in [7, 11) is 0. The monoisotopic (exact) mass is 489 g/mol. The number of anilines is 2. The van der Waals surface area contributed by atoms with Gasteiger partial charge in [-0.3, -0.25) is 4.90 Å². The van der Waals surface area contributed by atoms with Crippen LogP contribution in [0.3, 0.4) is 0 Å². The van der Waals surface area contributed by atoms with Gasteiger partial charge in [-0.25, -0.2) is 9.48 Å². The van der Waals surface area contributed by atoms with Gasteiger partial charge in [-0.05, 0) is 31.0 Å². The molecule has 3 aliphatic rings. The number of alkyl halides is 3. The van der Waals surface area contributed by atoms with Crippen LogP contribution in [0.2, 0.25) is 0 Å². The predicted molar refractivity (Wildman–Crippen MR) is 118 cm³/mol. The molecule has 184 valence electrons. The Bertz CT molecular complexity index is 1290. The third-order valence-electron chi connectivity index (χ3n) is 6.67. The van der Waals surface area contributed by atoms with Gasteiger partial charge in [-0.15, -0.1) is 0 Å². The highest BCUT2D eigenvalue weighted by molar-refractivity contribution is 5.89. The lowest BCUT2D eigenvalue weighted by Gasteiger charge is -2.43. The van der Waals surface area contributed by atoms with E-state index in [1.807, 2.05) is 4.90 Å². The maximum absolute atomic E-state index is 13.3. The molecular weight excluding hydrogens is 467 g/mol.